The Labute approximate surface area is 99.8 Å². The molecule has 0 atom stereocenters. The van der Waals surface area contributed by atoms with Gasteiger partial charge in [0, 0.05) is 17.6 Å². The van der Waals surface area contributed by atoms with Crippen molar-refractivity contribution < 1.29 is 9.13 Å². The molecule has 2 nitrogen and oxygen atoms in total. The number of hydrogen-bond donors (Lipinski definition) is 1. The summed E-state index contributed by atoms with van der Waals surface area (Å²) in [5, 5.41) is 0.871. The minimum atomic E-state index is -0.238. The number of hydrogen-bond acceptors (Lipinski definition) is 1. The van der Waals surface area contributed by atoms with Gasteiger partial charge >= 0.3 is 0 Å². The SMILES string of the molecule is Fc1cc(OC2CCCCC2)cc2cc[nH]c12. The topological polar surface area (TPSA) is 25.0 Å². The first-order valence-electron chi connectivity index (χ1n) is 6.26. The van der Waals surface area contributed by atoms with Crippen molar-refractivity contribution in [3.8, 4) is 5.75 Å². The van der Waals surface area contributed by atoms with Gasteiger partial charge < -0.3 is 9.72 Å². The van der Waals surface area contributed by atoms with E-state index >= 15 is 0 Å². The van der Waals surface area contributed by atoms with E-state index in [9.17, 15) is 4.39 Å². The van der Waals surface area contributed by atoms with Crippen LogP contribution in [0.5, 0.6) is 5.75 Å². The second-order valence-corrected chi connectivity index (χ2v) is 4.72. The number of benzene rings is 1. The zero-order valence-corrected chi connectivity index (χ0v) is 9.71. The standard InChI is InChI=1S/C14H16FNO/c15-13-9-12(8-10-6-7-16-14(10)13)17-11-4-2-1-3-5-11/h6-9,11,16H,1-5H2. The van der Waals surface area contributed by atoms with Crippen LogP contribution in [-0.2, 0) is 0 Å². The summed E-state index contributed by atoms with van der Waals surface area (Å²) < 4.78 is 19.6. The van der Waals surface area contributed by atoms with Gasteiger partial charge in [-0.2, -0.15) is 0 Å². The van der Waals surface area contributed by atoms with E-state index in [1.54, 1.807) is 6.20 Å². The summed E-state index contributed by atoms with van der Waals surface area (Å²) in [6.07, 6.45) is 7.93. The Kier molecular flexibility index (Phi) is 2.75. The average molecular weight is 233 g/mol. The molecule has 1 aliphatic carbocycles. The Hall–Kier alpha value is -1.51. The number of fused-ring (bicyclic) bond motifs is 1. The van der Waals surface area contributed by atoms with Crippen LogP contribution in [0.3, 0.4) is 0 Å². The Balaban J connectivity index is 1.84. The van der Waals surface area contributed by atoms with Gasteiger partial charge in [-0.15, -0.1) is 0 Å². The summed E-state index contributed by atoms with van der Waals surface area (Å²) in [4.78, 5) is 2.89. The van der Waals surface area contributed by atoms with Gasteiger partial charge in [-0.3, -0.25) is 0 Å². The molecule has 0 radical (unpaired) electrons. The normalized spacial score (nSPS) is 17.5. The van der Waals surface area contributed by atoms with Crippen LogP contribution in [-0.4, -0.2) is 11.1 Å². The zero-order chi connectivity index (χ0) is 11.7. The third-order valence-electron chi connectivity index (χ3n) is 3.44. The lowest BCUT2D eigenvalue weighted by molar-refractivity contribution is 0.154. The Morgan fingerprint density at radius 1 is 1.18 bits per heavy atom. The summed E-state index contributed by atoms with van der Waals surface area (Å²) in [7, 11) is 0. The summed E-state index contributed by atoms with van der Waals surface area (Å²) in [6, 6.07) is 5.25. The van der Waals surface area contributed by atoms with Gasteiger partial charge in [-0.1, -0.05) is 6.42 Å². The van der Waals surface area contributed by atoms with Crippen LogP contribution in [0.25, 0.3) is 10.9 Å². The van der Waals surface area contributed by atoms with Crippen molar-refractivity contribution in [2.45, 2.75) is 38.2 Å². The predicted molar refractivity (Wildman–Crippen MR) is 65.8 cm³/mol. The highest BCUT2D eigenvalue weighted by atomic mass is 19.1. The van der Waals surface area contributed by atoms with Crippen LogP contribution in [0.4, 0.5) is 4.39 Å². The molecule has 1 fully saturated rings. The van der Waals surface area contributed by atoms with Gasteiger partial charge in [0.2, 0.25) is 0 Å². The quantitative estimate of drug-likeness (QED) is 0.832. The lowest BCUT2D eigenvalue weighted by atomic mass is 9.98. The molecule has 0 bridgehead atoms. The van der Waals surface area contributed by atoms with Crippen LogP contribution >= 0.6 is 0 Å². The van der Waals surface area contributed by atoms with Crippen LogP contribution in [0, 0.1) is 5.82 Å². The number of H-pyrrole nitrogens is 1. The fraction of sp³-hybridized carbons (Fsp3) is 0.429. The molecule has 1 N–H and O–H groups in total. The highest BCUT2D eigenvalue weighted by Crippen LogP contribution is 2.27. The molecule has 0 aliphatic heterocycles. The minimum absolute atomic E-state index is 0.238. The van der Waals surface area contributed by atoms with Gasteiger partial charge in [-0.05, 0) is 37.8 Å². The number of aromatic nitrogens is 1. The van der Waals surface area contributed by atoms with E-state index in [1.807, 2.05) is 12.1 Å². The molecule has 3 heteroatoms. The van der Waals surface area contributed by atoms with E-state index in [0.717, 1.165) is 18.2 Å². The number of rotatable bonds is 2. The molecule has 0 saturated heterocycles. The van der Waals surface area contributed by atoms with E-state index in [-0.39, 0.29) is 11.9 Å². The van der Waals surface area contributed by atoms with Gasteiger partial charge in [0.25, 0.3) is 0 Å². The predicted octanol–water partition coefficient (Wildman–Crippen LogP) is 4.02. The molecular formula is C14H16FNO. The molecular weight excluding hydrogens is 217 g/mol. The summed E-state index contributed by atoms with van der Waals surface area (Å²) >= 11 is 0. The lowest BCUT2D eigenvalue weighted by Gasteiger charge is -2.23. The number of aromatic amines is 1. The molecule has 1 heterocycles. The molecule has 0 unspecified atom stereocenters. The van der Waals surface area contributed by atoms with Crippen molar-refractivity contribution in [2.75, 3.05) is 0 Å². The number of nitrogens with one attached hydrogen (secondary N) is 1. The van der Waals surface area contributed by atoms with Gasteiger partial charge in [-0.25, -0.2) is 4.39 Å². The Morgan fingerprint density at radius 2 is 2.00 bits per heavy atom. The molecule has 3 rings (SSSR count). The van der Waals surface area contributed by atoms with Crippen molar-refractivity contribution in [2.24, 2.45) is 0 Å². The van der Waals surface area contributed by atoms with Gasteiger partial charge in [0.05, 0.1) is 11.6 Å². The molecule has 0 spiro atoms. The highest BCUT2D eigenvalue weighted by Gasteiger charge is 2.15. The number of halogens is 1. The lowest BCUT2D eigenvalue weighted by Crippen LogP contribution is -2.19. The summed E-state index contributed by atoms with van der Waals surface area (Å²) in [5.74, 6) is 0.416. The molecule has 2 aromatic rings. The molecule has 1 aromatic carbocycles. The highest BCUT2D eigenvalue weighted by molar-refractivity contribution is 5.81. The maximum atomic E-state index is 13.7. The van der Waals surface area contributed by atoms with Crippen LogP contribution in [0.15, 0.2) is 24.4 Å². The molecule has 1 aliphatic rings. The first-order valence-corrected chi connectivity index (χ1v) is 6.26. The van der Waals surface area contributed by atoms with Crippen molar-refractivity contribution in [3.63, 3.8) is 0 Å². The molecule has 1 aromatic heterocycles. The largest absolute Gasteiger partial charge is 0.490 e. The maximum absolute atomic E-state index is 13.7. The minimum Gasteiger partial charge on any atom is -0.490 e. The third kappa shape index (κ3) is 2.14. The van der Waals surface area contributed by atoms with Crippen molar-refractivity contribution >= 4 is 10.9 Å². The van der Waals surface area contributed by atoms with Gasteiger partial charge in [0.15, 0.2) is 5.82 Å². The maximum Gasteiger partial charge on any atom is 0.150 e. The molecule has 0 amide bonds. The van der Waals surface area contributed by atoms with Gasteiger partial charge in [0.1, 0.15) is 5.75 Å². The zero-order valence-electron chi connectivity index (χ0n) is 9.71. The van der Waals surface area contributed by atoms with E-state index < -0.39 is 0 Å². The summed E-state index contributed by atoms with van der Waals surface area (Å²) in [6.45, 7) is 0. The fourth-order valence-electron chi connectivity index (χ4n) is 2.54. The average Bonchev–Trinajstić information content (AvgIpc) is 2.79. The van der Waals surface area contributed by atoms with E-state index in [1.165, 1.54) is 25.3 Å². The van der Waals surface area contributed by atoms with E-state index in [4.69, 9.17) is 4.74 Å². The molecule has 17 heavy (non-hydrogen) atoms. The molecule has 90 valence electrons. The Bertz CT molecular complexity index is 514. The smallest absolute Gasteiger partial charge is 0.150 e. The van der Waals surface area contributed by atoms with Crippen LogP contribution in [0.1, 0.15) is 32.1 Å². The second kappa shape index (κ2) is 4.40. The van der Waals surface area contributed by atoms with Crippen LogP contribution in [0.2, 0.25) is 0 Å². The first kappa shape index (κ1) is 10.6. The third-order valence-corrected chi connectivity index (χ3v) is 3.44. The van der Waals surface area contributed by atoms with Crippen LogP contribution < -0.4 is 4.74 Å². The van der Waals surface area contributed by atoms with E-state index in [2.05, 4.69) is 4.98 Å². The van der Waals surface area contributed by atoms with E-state index in [0.29, 0.717) is 11.3 Å². The van der Waals surface area contributed by atoms with Crippen molar-refractivity contribution in [1.29, 1.82) is 0 Å². The van der Waals surface area contributed by atoms with Crippen molar-refractivity contribution in [3.05, 3.63) is 30.2 Å². The second-order valence-electron chi connectivity index (χ2n) is 4.72. The fourth-order valence-corrected chi connectivity index (χ4v) is 2.54. The monoisotopic (exact) mass is 233 g/mol. The number of ether oxygens (including phenoxy) is 1. The van der Waals surface area contributed by atoms with Crippen molar-refractivity contribution in [1.82, 2.24) is 4.98 Å². The molecule has 1 saturated carbocycles. The summed E-state index contributed by atoms with van der Waals surface area (Å²) in [5.41, 5.74) is 0.556. The first-order chi connectivity index (χ1) is 8.33. The Morgan fingerprint density at radius 3 is 2.82 bits per heavy atom.